The summed E-state index contributed by atoms with van der Waals surface area (Å²) in [7, 11) is 0. The monoisotopic (exact) mass is 367 g/mol. The third kappa shape index (κ3) is 3.70. The minimum Gasteiger partial charge on any atom is -0.346 e. The van der Waals surface area contributed by atoms with Crippen LogP contribution in [0.15, 0.2) is 34.1 Å². The second kappa shape index (κ2) is 6.25. The molecule has 0 aliphatic rings. The number of nitrogens with two attached hydrogens (primary N) is 1. The molecule has 1 heterocycles. The fourth-order valence-corrected chi connectivity index (χ4v) is 2.90. The van der Waals surface area contributed by atoms with Crippen LogP contribution in [-0.4, -0.2) is 10.9 Å². The van der Waals surface area contributed by atoms with E-state index in [0.717, 1.165) is 20.7 Å². The van der Waals surface area contributed by atoms with E-state index in [-0.39, 0.29) is 11.9 Å². The van der Waals surface area contributed by atoms with Gasteiger partial charge in [-0.1, -0.05) is 28.1 Å². The van der Waals surface area contributed by atoms with Gasteiger partial charge in [-0.25, -0.2) is 4.98 Å². The van der Waals surface area contributed by atoms with Crippen LogP contribution >= 0.6 is 27.3 Å². The van der Waals surface area contributed by atoms with Crippen LogP contribution in [-0.2, 0) is 10.3 Å². The molecule has 2 unspecified atom stereocenters. The summed E-state index contributed by atoms with van der Waals surface area (Å²) in [6.45, 7) is 5.56. The van der Waals surface area contributed by atoms with Gasteiger partial charge in [-0.15, -0.1) is 11.3 Å². The number of rotatable bonds is 4. The number of amides is 1. The van der Waals surface area contributed by atoms with Crippen LogP contribution in [0.3, 0.4) is 0 Å². The van der Waals surface area contributed by atoms with Crippen molar-refractivity contribution in [1.29, 1.82) is 0 Å². The molecule has 3 N–H and O–H groups in total. The number of halogens is 1. The van der Waals surface area contributed by atoms with Gasteiger partial charge >= 0.3 is 0 Å². The molecule has 6 heteroatoms. The Bertz CT molecular complexity index is 637. The van der Waals surface area contributed by atoms with Crippen molar-refractivity contribution in [2.75, 3.05) is 0 Å². The normalized spacial score (nSPS) is 15.3. The number of hydrogen-bond donors (Lipinski definition) is 2. The van der Waals surface area contributed by atoms with E-state index in [1.165, 1.54) is 0 Å². The summed E-state index contributed by atoms with van der Waals surface area (Å²) in [5.74, 6) is -0.219. The van der Waals surface area contributed by atoms with Crippen molar-refractivity contribution in [2.24, 2.45) is 5.73 Å². The Morgan fingerprint density at radius 1 is 1.43 bits per heavy atom. The van der Waals surface area contributed by atoms with Crippen LogP contribution in [0.4, 0.5) is 0 Å². The van der Waals surface area contributed by atoms with Crippen molar-refractivity contribution >= 4 is 33.2 Å². The number of benzene rings is 1. The number of nitrogens with one attached hydrogen (secondary N) is 1. The summed E-state index contributed by atoms with van der Waals surface area (Å²) in [5.41, 5.74) is 6.76. The Balaban J connectivity index is 2.13. The highest BCUT2D eigenvalue weighted by molar-refractivity contribution is 9.10. The first-order valence-electron chi connectivity index (χ1n) is 6.58. The maximum absolute atomic E-state index is 12.5. The van der Waals surface area contributed by atoms with E-state index < -0.39 is 5.54 Å². The smallest absolute Gasteiger partial charge is 0.244 e. The summed E-state index contributed by atoms with van der Waals surface area (Å²) in [5, 5.41) is 5.86. The van der Waals surface area contributed by atoms with Crippen LogP contribution in [0, 0.1) is 6.92 Å². The van der Waals surface area contributed by atoms with Crippen LogP contribution in [0.2, 0.25) is 0 Å². The summed E-state index contributed by atoms with van der Waals surface area (Å²) < 4.78 is 0.953. The minimum atomic E-state index is -1.08. The van der Waals surface area contributed by atoms with Crippen LogP contribution in [0.25, 0.3) is 0 Å². The Morgan fingerprint density at radius 3 is 2.57 bits per heavy atom. The third-order valence-corrected chi connectivity index (χ3v) is 4.66. The molecule has 2 atom stereocenters. The molecule has 0 aliphatic carbocycles. The Labute approximate surface area is 136 Å². The van der Waals surface area contributed by atoms with Gasteiger partial charge in [0.15, 0.2) is 0 Å². The fourth-order valence-electron chi connectivity index (χ4n) is 1.93. The molecule has 2 rings (SSSR count). The predicted molar refractivity (Wildman–Crippen MR) is 89.1 cm³/mol. The number of carbonyl (C=O) groups is 1. The lowest BCUT2D eigenvalue weighted by Crippen LogP contribution is -2.49. The number of aryl methyl sites for hydroxylation is 1. The first-order chi connectivity index (χ1) is 9.80. The Hall–Kier alpha value is -1.24. The van der Waals surface area contributed by atoms with Gasteiger partial charge < -0.3 is 11.1 Å². The van der Waals surface area contributed by atoms with Crippen molar-refractivity contribution in [3.05, 3.63) is 50.4 Å². The SMILES string of the molecule is Cc1nc(C(C)NC(=O)C(C)(N)c2ccc(Br)cc2)cs1. The summed E-state index contributed by atoms with van der Waals surface area (Å²) in [4.78, 5) is 16.9. The van der Waals surface area contributed by atoms with Crippen LogP contribution in [0.5, 0.6) is 0 Å². The van der Waals surface area contributed by atoms with Gasteiger partial charge in [-0.05, 0) is 38.5 Å². The lowest BCUT2D eigenvalue weighted by atomic mass is 9.92. The fraction of sp³-hybridized carbons (Fsp3) is 0.333. The molecular weight excluding hydrogens is 350 g/mol. The Morgan fingerprint density at radius 2 is 2.05 bits per heavy atom. The van der Waals surface area contributed by atoms with Gasteiger partial charge in [-0.2, -0.15) is 0 Å². The number of carbonyl (C=O) groups excluding carboxylic acids is 1. The first-order valence-corrected chi connectivity index (χ1v) is 8.26. The summed E-state index contributed by atoms with van der Waals surface area (Å²) in [6.07, 6.45) is 0. The van der Waals surface area contributed by atoms with Crippen molar-refractivity contribution in [2.45, 2.75) is 32.4 Å². The molecule has 4 nitrogen and oxygen atoms in total. The molecule has 0 radical (unpaired) electrons. The van der Waals surface area contributed by atoms with Crippen molar-refractivity contribution in [1.82, 2.24) is 10.3 Å². The molecule has 0 bridgehead atoms. The standard InChI is InChI=1S/C15H18BrN3OS/c1-9(13-8-21-10(2)19-13)18-14(20)15(3,17)11-4-6-12(16)7-5-11/h4-9H,17H2,1-3H3,(H,18,20). The molecule has 0 saturated carbocycles. The zero-order valence-electron chi connectivity index (χ0n) is 12.2. The zero-order chi connectivity index (χ0) is 15.6. The molecular formula is C15H18BrN3OS. The zero-order valence-corrected chi connectivity index (χ0v) is 14.6. The average Bonchev–Trinajstić information content (AvgIpc) is 2.86. The van der Waals surface area contributed by atoms with E-state index >= 15 is 0 Å². The molecule has 112 valence electrons. The maximum Gasteiger partial charge on any atom is 0.244 e. The molecule has 0 saturated heterocycles. The number of nitrogens with zero attached hydrogens (tertiary/aromatic N) is 1. The van der Waals surface area contributed by atoms with Gasteiger partial charge in [0.1, 0.15) is 5.54 Å². The molecule has 0 fully saturated rings. The molecule has 21 heavy (non-hydrogen) atoms. The molecule has 1 amide bonds. The number of aromatic nitrogens is 1. The maximum atomic E-state index is 12.5. The van der Waals surface area contributed by atoms with Gasteiger partial charge in [0.25, 0.3) is 0 Å². The highest BCUT2D eigenvalue weighted by Crippen LogP contribution is 2.22. The van der Waals surface area contributed by atoms with Gasteiger partial charge in [0.2, 0.25) is 5.91 Å². The van der Waals surface area contributed by atoms with E-state index in [4.69, 9.17) is 5.73 Å². The molecule has 2 aromatic rings. The Kier molecular flexibility index (Phi) is 4.81. The topological polar surface area (TPSA) is 68.0 Å². The van der Waals surface area contributed by atoms with E-state index in [9.17, 15) is 4.79 Å². The minimum absolute atomic E-state index is 0.166. The molecule has 0 spiro atoms. The van der Waals surface area contributed by atoms with Crippen LogP contribution in [0.1, 0.15) is 36.2 Å². The van der Waals surface area contributed by atoms with E-state index in [1.807, 2.05) is 43.5 Å². The van der Waals surface area contributed by atoms with Gasteiger partial charge in [-0.3, -0.25) is 4.79 Å². The van der Waals surface area contributed by atoms with E-state index in [0.29, 0.717) is 0 Å². The molecule has 0 aliphatic heterocycles. The molecule has 1 aromatic carbocycles. The van der Waals surface area contributed by atoms with E-state index in [1.54, 1.807) is 18.3 Å². The second-order valence-electron chi connectivity index (χ2n) is 5.20. The van der Waals surface area contributed by atoms with Crippen molar-refractivity contribution in [3.63, 3.8) is 0 Å². The highest BCUT2D eigenvalue weighted by Gasteiger charge is 2.31. The average molecular weight is 368 g/mol. The third-order valence-electron chi connectivity index (χ3n) is 3.34. The summed E-state index contributed by atoms with van der Waals surface area (Å²) >= 11 is 4.94. The predicted octanol–water partition coefficient (Wildman–Crippen LogP) is 3.27. The largest absolute Gasteiger partial charge is 0.346 e. The summed E-state index contributed by atoms with van der Waals surface area (Å²) in [6, 6.07) is 7.28. The van der Waals surface area contributed by atoms with Gasteiger partial charge in [0.05, 0.1) is 16.7 Å². The first kappa shape index (κ1) is 16.1. The quantitative estimate of drug-likeness (QED) is 0.871. The second-order valence-corrected chi connectivity index (χ2v) is 7.17. The van der Waals surface area contributed by atoms with E-state index in [2.05, 4.69) is 26.2 Å². The lowest BCUT2D eigenvalue weighted by molar-refractivity contribution is -0.126. The van der Waals surface area contributed by atoms with Crippen molar-refractivity contribution in [3.8, 4) is 0 Å². The van der Waals surface area contributed by atoms with Gasteiger partial charge in [0, 0.05) is 9.85 Å². The lowest BCUT2D eigenvalue weighted by Gasteiger charge is -2.26. The number of thiazole rings is 1. The molecule has 1 aromatic heterocycles. The number of hydrogen-bond acceptors (Lipinski definition) is 4. The van der Waals surface area contributed by atoms with Crippen LogP contribution < -0.4 is 11.1 Å². The highest BCUT2D eigenvalue weighted by atomic mass is 79.9. The van der Waals surface area contributed by atoms with Crippen molar-refractivity contribution < 1.29 is 4.79 Å².